The molecule has 0 aromatic carbocycles. The molecule has 11 heavy (non-hydrogen) atoms. The van der Waals surface area contributed by atoms with Crippen LogP contribution in [0.5, 0.6) is 0 Å². The van der Waals surface area contributed by atoms with Gasteiger partial charge < -0.3 is 5.32 Å². The van der Waals surface area contributed by atoms with E-state index in [-0.39, 0.29) is 0 Å². The Hall–Kier alpha value is -0.460. The van der Waals surface area contributed by atoms with Crippen LogP contribution in [0, 0.1) is 5.92 Å². The van der Waals surface area contributed by atoms with Gasteiger partial charge in [0.2, 0.25) is 0 Å². The van der Waals surface area contributed by atoms with Crippen molar-refractivity contribution in [3.63, 3.8) is 0 Å². The van der Waals surface area contributed by atoms with Gasteiger partial charge in [-0.1, -0.05) is 25.3 Å². The van der Waals surface area contributed by atoms with E-state index in [1.165, 1.54) is 37.8 Å². The fourth-order valence-electron chi connectivity index (χ4n) is 2.38. The average Bonchev–Trinajstić information content (AvgIpc) is 2.17. The van der Waals surface area contributed by atoms with Gasteiger partial charge in [-0.05, 0) is 25.7 Å². The topological polar surface area (TPSA) is 12.0 Å². The SMILES string of the molecule is CC1=CC2CCCCCC2N1. The Labute approximate surface area is 68.9 Å². The van der Waals surface area contributed by atoms with E-state index >= 15 is 0 Å². The lowest BCUT2D eigenvalue weighted by atomic mass is 9.98. The van der Waals surface area contributed by atoms with E-state index in [0.29, 0.717) is 0 Å². The summed E-state index contributed by atoms with van der Waals surface area (Å²) in [6.07, 6.45) is 9.53. The predicted octanol–water partition coefficient (Wildman–Crippen LogP) is 2.44. The molecule has 0 aromatic rings. The standard InChI is InChI=1S/C10H17N/c1-8-7-9-5-3-2-4-6-10(9)11-8/h7,9-11H,2-6H2,1H3. The summed E-state index contributed by atoms with van der Waals surface area (Å²) in [5.74, 6) is 0.859. The molecular formula is C10H17N. The zero-order chi connectivity index (χ0) is 7.68. The average molecular weight is 151 g/mol. The minimum Gasteiger partial charge on any atom is -0.385 e. The highest BCUT2D eigenvalue weighted by Crippen LogP contribution is 2.29. The van der Waals surface area contributed by atoms with Crippen molar-refractivity contribution >= 4 is 0 Å². The molecule has 2 aliphatic rings. The van der Waals surface area contributed by atoms with Crippen LogP contribution in [0.2, 0.25) is 0 Å². The first kappa shape index (κ1) is 7.20. The number of allylic oxidation sites excluding steroid dienone is 1. The second kappa shape index (κ2) is 2.88. The van der Waals surface area contributed by atoms with E-state index in [9.17, 15) is 0 Å². The third-order valence-electron chi connectivity index (χ3n) is 2.95. The van der Waals surface area contributed by atoms with Crippen LogP contribution in [0.15, 0.2) is 11.8 Å². The number of hydrogen-bond acceptors (Lipinski definition) is 1. The molecule has 0 spiro atoms. The van der Waals surface area contributed by atoms with Gasteiger partial charge in [0, 0.05) is 11.7 Å². The second-order valence-electron chi connectivity index (χ2n) is 3.90. The van der Waals surface area contributed by atoms with Crippen LogP contribution in [0.25, 0.3) is 0 Å². The molecule has 0 radical (unpaired) electrons. The van der Waals surface area contributed by atoms with Gasteiger partial charge in [0.05, 0.1) is 0 Å². The van der Waals surface area contributed by atoms with Crippen molar-refractivity contribution in [3.05, 3.63) is 11.8 Å². The van der Waals surface area contributed by atoms with Crippen molar-refractivity contribution in [1.82, 2.24) is 5.32 Å². The van der Waals surface area contributed by atoms with Gasteiger partial charge >= 0.3 is 0 Å². The molecule has 0 saturated heterocycles. The van der Waals surface area contributed by atoms with E-state index in [4.69, 9.17) is 0 Å². The molecular weight excluding hydrogens is 134 g/mol. The van der Waals surface area contributed by atoms with Crippen LogP contribution >= 0.6 is 0 Å². The molecule has 2 atom stereocenters. The van der Waals surface area contributed by atoms with Crippen molar-refractivity contribution < 1.29 is 0 Å². The molecule has 1 heteroatoms. The normalized spacial score (nSPS) is 37.0. The summed E-state index contributed by atoms with van der Waals surface area (Å²) in [5, 5.41) is 3.56. The first-order valence-corrected chi connectivity index (χ1v) is 4.81. The van der Waals surface area contributed by atoms with Gasteiger partial charge in [0.15, 0.2) is 0 Å². The molecule has 2 rings (SSSR count). The molecule has 2 unspecified atom stereocenters. The number of nitrogens with one attached hydrogen (secondary N) is 1. The van der Waals surface area contributed by atoms with Crippen molar-refractivity contribution in [2.45, 2.75) is 45.1 Å². The van der Waals surface area contributed by atoms with Crippen molar-refractivity contribution in [3.8, 4) is 0 Å². The molecule has 1 fully saturated rings. The number of hydrogen-bond donors (Lipinski definition) is 1. The Morgan fingerprint density at radius 3 is 3.00 bits per heavy atom. The minimum atomic E-state index is 0.789. The Morgan fingerprint density at radius 1 is 1.27 bits per heavy atom. The fourth-order valence-corrected chi connectivity index (χ4v) is 2.38. The number of fused-ring (bicyclic) bond motifs is 1. The molecule has 1 N–H and O–H groups in total. The highest BCUT2D eigenvalue weighted by molar-refractivity contribution is 5.11. The fraction of sp³-hybridized carbons (Fsp3) is 0.800. The van der Waals surface area contributed by atoms with E-state index in [0.717, 1.165) is 12.0 Å². The Kier molecular flexibility index (Phi) is 1.89. The summed E-state index contributed by atoms with van der Waals surface area (Å²) in [7, 11) is 0. The Bertz CT molecular complexity index is 172. The van der Waals surface area contributed by atoms with E-state index in [2.05, 4.69) is 18.3 Å². The highest BCUT2D eigenvalue weighted by atomic mass is 15.0. The maximum atomic E-state index is 3.56. The smallest absolute Gasteiger partial charge is 0.0321 e. The first-order chi connectivity index (χ1) is 5.36. The quantitative estimate of drug-likeness (QED) is 0.560. The van der Waals surface area contributed by atoms with Crippen LogP contribution < -0.4 is 5.32 Å². The van der Waals surface area contributed by atoms with E-state index in [1.807, 2.05) is 0 Å². The first-order valence-electron chi connectivity index (χ1n) is 4.81. The van der Waals surface area contributed by atoms with Gasteiger partial charge in [0.1, 0.15) is 0 Å². The maximum Gasteiger partial charge on any atom is 0.0321 e. The molecule has 1 saturated carbocycles. The van der Waals surface area contributed by atoms with E-state index in [1.54, 1.807) is 0 Å². The zero-order valence-electron chi connectivity index (χ0n) is 7.27. The summed E-state index contributed by atoms with van der Waals surface area (Å²) in [4.78, 5) is 0. The summed E-state index contributed by atoms with van der Waals surface area (Å²) in [6, 6.07) is 0.789. The van der Waals surface area contributed by atoms with Crippen molar-refractivity contribution in [2.24, 2.45) is 5.92 Å². The molecule has 1 aliphatic heterocycles. The third-order valence-corrected chi connectivity index (χ3v) is 2.95. The minimum absolute atomic E-state index is 0.789. The number of rotatable bonds is 0. The lowest BCUT2D eigenvalue weighted by Gasteiger charge is -2.16. The second-order valence-corrected chi connectivity index (χ2v) is 3.90. The molecule has 1 nitrogen and oxygen atoms in total. The third kappa shape index (κ3) is 1.42. The van der Waals surface area contributed by atoms with Gasteiger partial charge in [0.25, 0.3) is 0 Å². The molecule has 1 aliphatic carbocycles. The van der Waals surface area contributed by atoms with Crippen LogP contribution in [0.4, 0.5) is 0 Å². The monoisotopic (exact) mass is 151 g/mol. The molecule has 1 heterocycles. The van der Waals surface area contributed by atoms with Gasteiger partial charge in [-0.2, -0.15) is 0 Å². The van der Waals surface area contributed by atoms with Crippen LogP contribution in [-0.2, 0) is 0 Å². The van der Waals surface area contributed by atoms with Crippen molar-refractivity contribution in [2.75, 3.05) is 0 Å². The van der Waals surface area contributed by atoms with Gasteiger partial charge in [-0.15, -0.1) is 0 Å². The molecule has 62 valence electrons. The lowest BCUT2D eigenvalue weighted by Crippen LogP contribution is -2.26. The zero-order valence-corrected chi connectivity index (χ0v) is 7.27. The van der Waals surface area contributed by atoms with Crippen molar-refractivity contribution in [1.29, 1.82) is 0 Å². The Balaban J connectivity index is 2.04. The van der Waals surface area contributed by atoms with Crippen LogP contribution in [0.1, 0.15) is 39.0 Å². The summed E-state index contributed by atoms with van der Waals surface area (Å²) >= 11 is 0. The van der Waals surface area contributed by atoms with E-state index < -0.39 is 0 Å². The molecule has 0 bridgehead atoms. The predicted molar refractivity (Wildman–Crippen MR) is 47.3 cm³/mol. The van der Waals surface area contributed by atoms with Crippen LogP contribution in [0.3, 0.4) is 0 Å². The van der Waals surface area contributed by atoms with Gasteiger partial charge in [-0.3, -0.25) is 0 Å². The Morgan fingerprint density at radius 2 is 2.09 bits per heavy atom. The molecule has 0 aromatic heterocycles. The van der Waals surface area contributed by atoms with Crippen LogP contribution in [-0.4, -0.2) is 6.04 Å². The molecule has 0 amide bonds. The lowest BCUT2D eigenvalue weighted by molar-refractivity contribution is 0.454. The summed E-state index contributed by atoms with van der Waals surface area (Å²) in [6.45, 7) is 2.19. The maximum absolute atomic E-state index is 3.56. The summed E-state index contributed by atoms with van der Waals surface area (Å²) < 4.78 is 0. The summed E-state index contributed by atoms with van der Waals surface area (Å²) in [5.41, 5.74) is 1.40. The highest BCUT2D eigenvalue weighted by Gasteiger charge is 2.25. The largest absolute Gasteiger partial charge is 0.385 e. The van der Waals surface area contributed by atoms with Gasteiger partial charge in [-0.25, -0.2) is 0 Å².